The first-order chi connectivity index (χ1) is 16.8. The first-order valence-electron chi connectivity index (χ1n) is 14.9. The summed E-state index contributed by atoms with van der Waals surface area (Å²) in [7, 11) is 0. The van der Waals surface area contributed by atoms with E-state index in [-0.39, 0.29) is 0 Å². The Balaban J connectivity index is 2.00. The van der Waals surface area contributed by atoms with Crippen molar-refractivity contribution in [3.8, 4) is 0 Å². The highest BCUT2D eigenvalue weighted by Crippen LogP contribution is 2.39. The van der Waals surface area contributed by atoms with Gasteiger partial charge in [-0.1, -0.05) is 171 Å². The Morgan fingerprint density at radius 1 is 0.412 bits per heavy atom. The van der Waals surface area contributed by atoms with E-state index in [1.165, 1.54) is 133 Å². The second kappa shape index (κ2) is 18.7. The maximum atomic E-state index is 2.36. The lowest BCUT2D eigenvalue weighted by atomic mass is 9.69. The van der Waals surface area contributed by atoms with Crippen LogP contribution in [0.2, 0.25) is 0 Å². The Hall–Kier alpha value is -1.56. The first-order valence-corrected chi connectivity index (χ1v) is 14.9. The third kappa shape index (κ3) is 12.8. The molecule has 190 valence electrons. The van der Waals surface area contributed by atoms with Gasteiger partial charge in [0.15, 0.2) is 0 Å². The second-order valence-corrected chi connectivity index (χ2v) is 10.9. The molecule has 2 rings (SSSR count). The minimum absolute atomic E-state index is 0.397. The van der Waals surface area contributed by atoms with Gasteiger partial charge in [0.2, 0.25) is 0 Å². The Kier molecular flexibility index (Phi) is 15.8. The van der Waals surface area contributed by atoms with Gasteiger partial charge in [0.25, 0.3) is 0 Å². The van der Waals surface area contributed by atoms with Gasteiger partial charge in [-0.15, -0.1) is 0 Å². The summed E-state index contributed by atoms with van der Waals surface area (Å²) < 4.78 is 0. The van der Waals surface area contributed by atoms with Crippen LogP contribution in [-0.2, 0) is 12.8 Å². The van der Waals surface area contributed by atoms with Gasteiger partial charge in [0.1, 0.15) is 0 Å². The maximum absolute atomic E-state index is 2.36. The molecule has 0 saturated heterocycles. The van der Waals surface area contributed by atoms with Crippen molar-refractivity contribution >= 4 is 0 Å². The fraction of sp³-hybridized carbons (Fsp3) is 0.647. The van der Waals surface area contributed by atoms with Gasteiger partial charge < -0.3 is 0 Å². The van der Waals surface area contributed by atoms with Crippen LogP contribution >= 0.6 is 0 Å². The van der Waals surface area contributed by atoms with Crippen molar-refractivity contribution in [1.29, 1.82) is 0 Å². The molecule has 0 saturated carbocycles. The smallest absolute Gasteiger partial charge is 0.0217 e. The molecule has 0 fully saturated rings. The maximum Gasteiger partial charge on any atom is -0.0217 e. The minimum Gasteiger partial charge on any atom is -0.0654 e. The molecule has 34 heavy (non-hydrogen) atoms. The first kappa shape index (κ1) is 28.7. The van der Waals surface area contributed by atoms with Crippen molar-refractivity contribution < 1.29 is 0 Å². The zero-order chi connectivity index (χ0) is 24.2. The summed E-state index contributed by atoms with van der Waals surface area (Å²) >= 11 is 0. The van der Waals surface area contributed by atoms with E-state index in [0.717, 1.165) is 0 Å². The van der Waals surface area contributed by atoms with E-state index in [1.54, 1.807) is 0 Å². The van der Waals surface area contributed by atoms with Gasteiger partial charge in [-0.05, 0) is 42.2 Å². The lowest BCUT2D eigenvalue weighted by molar-refractivity contribution is 0.216. The van der Waals surface area contributed by atoms with Gasteiger partial charge in [-0.3, -0.25) is 0 Å². The zero-order valence-electron chi connectivity index (χ0n) is 22.7. The number of unbranched alkanes of at least 4 members (excludes halogenated alkanes) is 13. The average Bonchev–Trinajstić information content (AvgIpc) is 2.86. The molecule has 0 heterocycles. The van der Waals surface area contributed by atoms with Gasteiger partial charge in [0, 0.05) is 0 Å². The number of rotatable bonds is 21. The molecule has 0 N–H and O–H groups in total. The molecule has 0 unspecified atom stereocenters. The monoisotopic (exact) mass is 462 g/mol. The normalized spacial score (nSPS) is 11.7. The lowest BCUT2D eigenvalue weighted by Gasteiger charge is -2.35. The van der Waals surface area contributed by atoms with Crippen molar-refractivity contribution in [2.24, 2.45) is 5.41 Å². The molecule has 0 spiro atoms. The average molecular weight is 463 g/mol. The summed E-state index contributed by atoms with van der Waals surface area (Å²) in [5.41, 5.74) is 3.45. The Bertz CT molecular complexity index is 645. The van der Waals surface area contributed by atoms with E-state index in [1.807, 2.05) is 0 Å². The third-order valence-corrected chi connectivity index (χ3v) is 7.72. The lowest BCUT2D eigenvalue weighted by Crippen LogP contribution is -2.27. The van der Waals surface area contributed by atoms with Gasteiger partial charge in [-0.2, -0.15) is 0 Å². The van der Waals surface area contributed by atoms with Crippen LogP contribution < -0.4 is 0 Å². The molecule has 0 bridgehead atoms. The highest BCUT2D eigenvalue weighted by Gasteiger charge is 2.30. The van der Waals surface area contributed by atoms with E-state index >= 15 is 0 Å². The predicted octanol–water partition coefficient (Wildman–Crippen LogP) is 11.1. The van der Waals surface area contributed by atoms with Crippen molar-refractivity contribution in [2.75, 3.05) is 0 Å². The standard InChI is InChI=1S/C34H54/c1-3-5-7-9-11-13-15-23-29-34(30-32-24-18-16-19-25-32,31-33-26-20-17-21-27-33)28-22-14-12-10-8-6-4-2/h16-21,24-27H,3-15,22-23,28-31H2,1-2H3. The molecular formula is C34H54. The largest absolute Gasteiger partial charge is 0.0654 e. The highest BCUT2D eigenvalue weighted by molar-refractivity contribution is 5.21. The van der Waals surface area contributed by atoms with Gasteiger partial charge in [0.05, 0.1) is 0 Å². The van der Waals surface area contributed by atoms with E-state index < -0.39 is 0 Å². The van der Waals surface area contributed by atoms with Crippen LogP contribution in [0.15, 0.2) is 60.7 Å². The molecule has 0 amide bonds. The zero-order valence-corrected chi connectivity index (χ0v) is 22.7. The van der Waals surface area contributed by atoms with Crippen LogP contribution in [0.4, 0.5) is 0 Å². The highest BCUT2D eigenvalue weighted by atomic mass is 14.3. The minimum atomic E-state index is 0.397. The summed E-state index contributed by atoms with van der Waals surface area (Å²) in [5, 5.41) is 0. The Morgan fingerprint density at radius 3 is 1.09 bits per heavy atom. The van der Waals surface area contributed by atoms with Crippen LogP contribution in [0.1, 0.15) is 134 Å². The Labute approximate surface area is 213 Å². The number of hydrogen-bond donors (Lipinski definition) is 0. The van der Waals surface area contributed by atoms with E-state index in [4.69, 9.17) is 0 Å². The summed E-state index contributed by atoms with van der Waals surface area (Å²) in [4.78, 5) is 0. The van der Waals surface area contributed by atoms with Crippen LogP contribution in [0.5, 0.6) is 0 Å². The van der Waals surface area contributed by atoms with Gasteiger partial charge >= 0.3 is 0 Å². The topological polar surface area (TPSA) is 0 Å². The Morgan fingerprint density at radius 2 is 0.735 bits per heavy atom. The third-order valence-electron chi connectivity index (χ3n) is 7.72. The van der Waals surface area contributed by atoms with Crippen LogP contribution in [0.25, 0.3) is 0 Å². The molecule has 0 aliphatic heterocycles. The van der Waals surface area contributed by atoms with Gasteiger partial charge in [-0.25, -0.2) is 0 Å². The predicted molar refractivity (Wildman–Crippen MR) is 153 cm³/mol. The van der Waals surface area contributed by atoms with Crippen molar-refractivity contribution in [2.45, 2.75) is 136 Å². The van der Waals surface area contributed by atoms with Crippen molar-refractivity contribution in [3.05, 3.63) is 71.8 Å². The molecule has 0 atom stereocenters. The SMILES string of the molecule is CCCCCCCCCCC(CCCCCCCCC)(Cc1ccccc1)Cc1ccccc1. The number of hydrogen-bond acceptors (Lipinski definition) is 0. The van der Waals surface area contributed by atoms with Crippen LogP contribution in [0.3, 0.4) is 0 Å². The molecule has 0 aliphatic carbocycles. The summed E-state index contributed by atoms with van der Waals surface area (Å²) in [6.07, 6.45) is 26.3. The molecule has 0 aromatic heterocycles. The van der Waals surface area contributed by atoms with E-state index in [0.29, 0.717) is 5.41 Å². The second-order valence-electron chi connectivity index (χ2n) is 10.9. The molecule has 0 aliphatic rings. The van der Waals surface area contributed by atoms with Crippen LogP contribution in [0, 0.1) is 5.41 Å². The quantitative estimate of drug-likeness (QED) is 0.162. The van der Waals surface area contributed by atoms with Crippen molar-refractivity contribution in [3.63, 3.8) is 0 Å². The van der Waals surface area contributed by atoms with E-state index in [9.17, 15) is 0 Å². The molecule has 0 heteroatoms. The van der Waals surface area contributed by atoms with Crippen LogP contribution in [-0.4, -0.2) is 0 Å². The molecular weight excluding hydrogens is 408 g/mol. The fourth-order valence-electron chi connectivity index (χ4n) is 5.69. The molecule has 2 aromatic carbocycles. The van der Waals surface area contributed by atoms with E-state index in [2.05, 4.69) is 74.5 Å². The molecule has 2 aromatic rings. The number of benzene rings is 2. The summed E-state index contributed by atoms with van der Waals surface area (Å²) in [6.45, 7) is 4.62. The van der Waals surface area contributed by atoms with Crippen molar-refractivity contribution in [1.82, 2.24) is 0 Å². The summed E-state index contributed by atoms with van der Waals surface area (Å²) in [6, 6.07) is 22.7. The summed E-state index contributed by atoms with van der Waals surface area (Å²) in [5.74, 6) is 0. The molecule has 0 nitrogen and oxygen atoms in total. The molecule has 0 radical (unpaired) electrons. The fourth-order valence-corrected chi connectivity index (χ4v) is 5.69.